The first kappa shape index (κ1) is 27.1. The highest BCUT2D eigenvalue weighted by Crippen LogP contribution is 2.59. The predicted octanol–water partition coefficient (Wildman–Crippen LogP) is 1.89. The summed E-state index contributed by atoms with van der Waals surface area (Å²) in [6.07, 6.45) is 2.65. The number of carbonyl (C=O) groups excluding carboxylic acids is 3. The van der Waals surface area contributed by atoms with Crippen molar-refractivity contribution in [3.05, 3.63) is 68.7 Å². The lowest BCUT2D eigenvalue weighted by Gasteiger charge is -2.51. The molecule has 2 aliphatic rings. The molecule has 4 heterocycles. The molecule has 13 nitrogen and oxygen atoms in total. The van der Waals surface area contributed by atoms with Crippen molar-refractivity contribution in [3.8, 4) is 0 Å². The number of nitro groups is 1. The number of rotatable bonds is 10. The second-order valence-electron chi connectivity index (χ2n) is 10.2. The smallest absolute Gasteiger partial charge is 0.352 e. The van der Waals surface area contributed by atoms with Crippen LogP contribution >= 0.6 is 11.3 Å². The van der Waals surface area contributed by atoms with Gasteiger partial charge in [-0.05, 0) is 25.8 Å². The Morgan fingerprint density at radius 3 is 2.55 bits per heavy atom. The third-order valence-electron chi connectivity index (χ3n) is 7.69. The molecule has 1 unspecified atom stereocenters. The summed E-state index contributed by atoms with van der Waals surface area (Å²) in [6, 6.07) is 4.37. The van der Waals surface area contributed by atoms with Gasteiger partial charge in [-0.1, -0.05) is 19.1 Å². The van der Waals surface area contributed by atoms with Crippen LogP contribution < -0.4 is 5.32 Å². The maximum absolute atomic E-state index is 13.1. The van der Waals surface area contributed by atoms with Crippen LogP contribution in [0.2, 0.25) is 0 Å². The van der Waals surface area contributed by atoms with Crippen LogP contribution in [0.25, 0.3) is 10.4 Å². The normalized spacial score (nSPS) is 23.5. The van der Waals surface area contributed by atoms with Gasteiger partial charge in [-0.3, -0.25) is 28.9 Å². The zero-order valence-electron chi connectivity index (χ0n) is 21.6. The molecule has 208 valence electrons. The number of aliphatic hydroxyl groups excluding tert-OH is 1. The number of β-lactam (4-membered cyclic amide) rings is 1. The van der Waals surface area contributed by atoms with E-state index in [2.05, 4.69) is 10.3 Å². The van der Waals surface area contributed by atoms with E-state index in [1.54, 1.807) is 22.7 Å². The Bertz CT molecular complexity index is 1610. The molecule has 0 bridgehead atoms. The number of nitrogens with one attached hydrogen (secondary N) is 1. The van der Waals surface area contributed by atoms with Gasteiger partial charge in [-0.25, -0.2) is 9.78 Å². The third-order valence-corrected chi connectivity index (χ3v) is 8.81. The number of amides is 2. The van der Waals surface area contributed by atoms with E-state index in [1.807, 2.05) is 6.92 Å². The number of carboxylic acid groups (broad SMARTS) is 1. The average Bonchev–Trinajstić information content (AvgIpc) is 3.52. The van der Waals surface area contributed by atoms with Crippen LogP contribution in [0.5, 0.6) is 0 Å². The number of hydrogen-bond donors (Lipinski definition) is 3. The van der Waals surface area contributed by atoms with Gasteiger partial charge in [0.2, 0.25) is 18.1 Å². The summed E-state index contributed by atoms with van der Waals surface area (Å²) in [5, 5.41) is 34.3. The van der Waals surface area contributed by atoms with Gasteiger partial charge < -0.3 is 20.4 Å². The topological polar surface area (TPSA) is 184 Å². The quantitative estimate of drug-likeness (QED) is 0.108. The lowest BCUT2D eigenvalue weighted by Crippen LogP contribution is -2.66. The largest absolute Gasteiger partial charge is 0.477 e. The second-order valence-corrected chi connectivity index (χ2v) is 11.3. The molecule has 0 spiro atoms. The van der Waals surface area contributed by atoms with Crippen LogP contribution in [0.3, 0.4) is 0 Å². The molecule has 40 heavy (non-hydrogen) atoms. The lowest BCUT2D eigenvalue weighted by molar-refractivity contribution is -0.384. The highest BCUT2D eigenvalue weighted by atomic mass is 32.1. The fraction of sp³-hybridized carbons (Fsp3) is 0.346. The number of carbonyl (C=O) groups is 4. The molecule has 0 radical (unpaired) electrons. The molecule has 1 fully saturated rings. The SMILES string of the molecule is CC(NC=O)C(=O)c1ncn2cc(C3=C(C(=O)O)N4C(=O)[C@H]([C@@H](C)O)[C@@H]4[C@@]3(C)Cc3ccc([N+](=O)[O-])cc3)sc12. The maximum Gasteiger partial charge on any atom is 0.352 e. The number of non-ortho nitro benzene ring substituents is 1. The summed E-state index contributed by atoms with van der Waals surface area (Å²) in [5.41, 5.74) is -0.196. The number of nitrogens with zero attached hydrogens (tertiary/aromatic N) is 4. The van der Waals surface area contributed by atoms with Crippen LogP contribution in [-0.4, -0.2) is 71.7 Å². The van der Waals surface area contributed by atoms with E-state index in [4.69, 9.17) is 0 Å². The first-order valence-corrected chi connectivity index (χ1v) is 13.2. The highest BCUT2D eigenvalue weighted by molar-refractivity contribution is 7.18. The summed E-state index contributed by atoms with van der Waals surface area (Å²) in [4.78, 5) is 66.5. The van der Waals surface area contributed by atoms with Crippen molar-refractivity contribution in [2.24, 2.45) is 11.3 Å². The van der Waals surface area contributed by atoms with Crippen molar-refractivity contribution in [1.82, 2.24) is 19.6 Å². The molecule has 1 saturated heterocycles. The van der Waals surface area contributed by atoms with Gasteiger partial charge in [0.25, 0.3) is 5.69 Å². The fourth-order valence-electron chi connectivity index (χ4n) is 5.88. The number of hydrogen-bond acceptors (Lipinski definition) is 9. The number of carboxylic acids is 1. The Morgan fingerprint density at radius 2 is 1.98 bits per heavy atom. The van der Waals surface area contributed by atoms with Crippen molar-refractivity contribution >= 4 is 51.5 Å². The Morgan fingerprint density at radius 1 is 1.30 bits per heavy atom. The van der Waals surface area contributed by atoms with Gasteiger partial charge >= 0.3 is 5.97 Å². The molecule has 14 heteroatoms. The number of nitro benzene ring substituents is 1. The molecule has 2 aliphatic heterocycles. The Balaban J connectivity index is 1.67. The molecule has 0 saturated carbocycles. The number of imidazole rings is 1. The number of benzene rings is 1. The van der Waals surface area contributed by atoms with Crippen molar-refractivity contribution in [3.63, 3.8) is 0 Å². The molecule has 0 aliphatic carbocycles. The molecule has 2 amide bonds. The third kappa shape index (κ3) is 3.98. The molecule has 1 aromatic carbocycles. The van der Waals surface area contributed by atoms with E-state index in [1.165, 1.54) is 37.2 Å². The van der Waals surface area contributed by atoms with Gasteiger partial charge in [0, 0.05) is 29.3 Å². The molecule has 3 N–H and O–H groups in total. The second kappa shape index (κ2) is 9.64. The van der Waals surface area contributed by atoms with Crippen LogP contribution in [0.4, 0.5) is 5.69 Å². The van der Waals surface area contributed by atoms with Gasteiger partial charge in [0.15, 0.2) is 0 Å². The van der Waals surface area contributed by atoms with Crippen LogP contribution in [0, 0.1) is 21.4 Å². The summed E-state index contributed by atoms with van der Waals surface area (Å²) in [6.45, 7) is 4.82. The first-order chi connectivity index (χ1) is 18.9. The number of Topliss-reactive ketones (excluding diaryl/α,β-unsaturated/α-hetero) is 1. The molecular formula is C26H25N5O8S. The van der Waals surface area contributed by atoms with Crippen molar-refractivity contribution in [2.45, 2.75) is 45.4 Å². The van der Waals surface area contributed by atoms with E-state index in [-0.39, 0.29) is 23.5 Å². The van der Waals surface area contributed by atoms with E-state index in [9.17, 15) is 39.5 Å². The molecule has 2 aromatic heterocycles. The van der Waals surface area contributed by atoms with Gasteiger partial charge in [-0.15, -0.1) is 11.3 Å². The first-order valence-electron chi connectivity index (χ1n) is 12.3. The summed E-state index contributed by atoms with van der Waals surface area (Å²) in [5.74, 6) is -3.10. The van der Waals surface area contributed by atoms with Gasteiger partial charge in [-0.2, -0.15) is 0 Å². The molecule has 5 atom stereocenters. The van der Waals surface area contributed by atoms with Crippen LogP contribution in [0.1, 0.15) is 41.7 Å². The molecule has 5 rings (SSSR count). The summed E-state index contributed by atoms with van der Waals surface area (Å²) >= 11 is 1.13. The number of fused-ring (bicyclic) bond motifs is 2. The van der Waals surface area contributed by atoms with E-state index >= 15 is 0 Å². The number of aliphatic hydroxyl groups is 1. The van der Waals surface area contributed by atoms with E-state index in [0.717, 1.165) is 11.3 Å². The summed E-state index contributed by atoms with van der Waals surface area (Å²) < 4.78 is 1.59. The minimum atomic E-state index is -1.32. The van der Waals surface area contributed by atoms with E-state index < -0.39 is 52.1 Å². The van der Waals surface area contributed by atoms with Gasteiger partial charge in [0.05, 0.1) is 33.9 Å². The zero-order valence-corrected chi connectivity index (χ0v) is 22.4. The van der Waals surface area contributed by atoms with Crippen LogP contribution in [-0.2, 0) is 20.8 Å². The van der Waals surface area contributed by atoms with Crippen molar-refractivity contribution in [1.29, 1.82) is 0 Å². The Hall–Kier alpha value is -4.43. The zero-order chi connectivity index (χ0) is 29.1. The maximum atomic E-state index is 13.1. The predicted molar refractivity (Wildman–Crippen MR) is 141 cm³/mol. The van der Waals surface area contributed by atoms with Crippen LogP contribution in [0.15, 0.2) is 42.5 Å². The summed E-state index contributed by atoms with van der Waals surface area (Å²) in [7, 11) is 0. The highest BCUT2D eigenvalue weighted by Gasteiger charge is 2.66. The lowest BCUT2D eigenvalue weighted by atomic mass is 9.64. The van der Waals surface area contributed by atoms with Gasteiger partial charge in [0.1, 0.15) is 22.5 Å². The van der Waals surface area contributed by atoms with Crippen molar-refractivity contribution < 1.29 is 34.3 Å². The molecular weight excluding hydrogens is 542 g/mol. The Kier molecular flexibility index (Phi) is 6.54. The minimum Gasteiger partial charge on any atom is -0.477 e. The monoisotopic (exact) mass is 567 g/mol. The molecule has 3 aromatic rings. The fourth-order valence-corrected chi connectivity index (χ4v) is 7.14. The standard InChI is InChI=1S/C26H25N5O8S/c1-12(28-11-32)21(34)19-24-29(10-27-19)9-16(40-24)18-20(25(36)37)30-22(17(13(2)33)23(30)35)26(18,3)8-14-4-6-15(7-5-14)31(38)39/h4-7,9-13,17,22,33H,8H2,1-3H3,(H,28,32)(H,36,37)/t12?,13-,17-,22-,26+/m1/s1. The van der Waals surface area contributed by atoms with Crippen molar-refractivity contribution in [2.75, 3.05) is 0 Å². The average molecular weight is 568 g/mol. The minimum absolute atomic E-state index is 0.0963. The number of aliphatic carboxylic acids is 1. The number of aromatic nitrogens is 2. The van der Waals surface area contributed by atoms with E-state index in [0.29, 0.717) is 27.3 Å². The Labute approximate surface area is 230 Å². The number of thiazole rings is 1. The number of ketones is 1.